The van der Waals surface area contributed by atoms with Gasteiger partial charge >= 0.3 is 0 Å². The highest BCUT2D eigenvalue weighted by Crippen LogP contribution is 2.39. The van der Waals surface area contributed by atoms with Crippen molar-refractivity contribution < 1.29 is 14.4 Å². The van der Waals surface area contributed by atoms with E-state index in [1.165, 1.54) is 5.56 Å². The van der Waals surface area contributed by atoms with E-state index in [0.717, 1.165) is 23.1 Å². The summed E-state index contributed by atoms with van der Waals surface area (Å²) in [6.07, 6.45) is 2.41. The second-order valence-electron chi connectivity index (χ2n) is 5.48. The van der Waals surface area contributed by atoms with E-state index < -0.39 is 0 Å². The number of aromatic nitrogens is 1. The molecular weight excluding hydrogens is 290 g/mol. The Kier molecular flexibility index (Phi) is 4.06. The van der Waals surface area contributed by atoms with E-state index >= 15 is 0 Å². The van der Waals surface area contributed by atoms with Crippen molar-refractivity contribution in [2.24, 2.45) is 0 Å². The quantitative estimate of drug-likeness (QED) is 0.765. The number of hydrogen-bond acceptors (Lipinski definition) is 4. The first-order valence-electron chi connectivity index (χ1n) is 7.55. The van der Waals surface area contributed by atoms with Gasteiger partial charge in [-0.3, -0.25) is 0 Å². The van der Waals surface area contributed by atoms with Gasteiger partial charge < -0.3 is 14.4 Å². The summed E-state index contributed by atoms with van der Waals surface area (Å²) in [4.78, 5) is 0. The zero-order chi connectivity index (χ0) is 16.4. The van der Waals surface area contributed by atoms with Crippen molar-refractivity contribution in [1.82, 2.24) is 5.16 Å². The molecule has 0 amide bonds. The fourth-order valence-electron chi connectivity index (χ4n) is 2.64. The zero-order valence-corrected chi connectivity index (χ0v) is 13.5. The maximum atomic E-state index is 10.4. The summed E-state index contributed by atoms with van der Waals surface area (Å²) >= 11 is 0. The van der Waals surface area contributed by atoms with Crippen LogP contribution in [0.1, 0.15) is 18.1 Å². The maximum Gasteiger partial charge on any atom is 0.132 e. The number of phenolic OH excluding ortho intramolecular Hbond substituents is 1. The number of hydrogen-bond donors (Lipinski definition) is 1. The fourth-order valence-corrected chi connectivity index (χ4v) is 2.64. The van der Waals surface area contributed by atoms with Gasteiger partial charge in [-0.1, -0.05) is 41.9 Å². The Labute approximate surface area is 135 Å². The first-order chi connectivity index (χ1) is 11.1. The van der Waals surface area contributed by atoms with Crippen molar-refractivity contribution in [3.63, 3.8) is 0 Å². The third-order valence-electron chi connectivity index (χ3n) is 3.97. The van der Waals surface area contributed by atoms with Crippen LogP contribution in [0.25, 0.3) is 22.4 Å². The van der Waals surface area contributed by atoms with Crippen LogP contribution in [-0.2, 0) is 6.42 Å². The average Bonchev–Trinajstić information content (AvgIpc) is 3.04. The molecule has 0 saturated carbocycles. The Hall–Kier alpha value is -2.75. The molecule has 23 heavy (non-hydrogen) atoms. The van der Waals surface area contributed by atoms with Crippen LogP contribution in [0.5, 0.6) is 11.5 Å². The molecule has 0 radical (unpaired) electrons. The molecule has 0 fully saturated rings. The molecule has 0 bridgehead atoms. The second kappa shape index (κ2) is 6.16. The number of benzene rings is 2. The molecule has 1 N–H and O–H groups in total. The van der Waals surface area contributed by atoms with Gasteiger partial charge in [-0.2, -0.15) is 0 Å². The number of ether oxygens (including phenoxy) is 1. The standard InChI is InChI=1S/C19H19NO3/c1-4-13-9-15(17(21)10-18(13)22-3)19-16(11-23-20-19)14-7-5-12(2)6-8-14/h5-11,21H,4H2,1-3H3. The lowest BCUT2D eigenvalue weighted by Crippen LogP contribution is -1.93. The third-order valence-corrected chi connectivity index (χ3v) is 3.97. The van der Waals surface area contributed by atoms with Gasteiger partial charge in [0.2, 0.25) is 0 Å². The lowest BCUT2D eigenvalue weighted by Gasteiger charge is -2.11. The smallest absolute Gasteiger partial charge is 0.132 e. The molecule has 0 aliphatic carbocycles. The normalized spacial score (nSPS) is 10.7. The molecule has 3 aromatic rings. The number of rotatable bonds is 4. The second-order valence-corrected chi connectivity index (χ2v) is 5.48. The van der Waals surface area contributed by atoms with Crippen LogP contribution < -0.4 is 4.74 Å². The van der Waals surface area contributed by atoms with Gasteiger partial charge in [-0.05, 0) is 30.5 Å². The first kappa shape index (κ1) is 15.2. The van der Waals surface area contributed by atoms with Crippen molar-refractivity contribution in [3.05, 3.63) is 53.8 Å². The summed E-state index contributed by atoms with van der Waals surface area (Å²) in [5.74, 6) is 0.801. The van der Waals surface area contributed by atoms with Gasteiger partial charge in [-0.25, -0.2) is 0 Å². The van der Waals surface area contributed by atoms with Crippen LogP contribution >= 0.6 is 0 Å². The molecule has 1 heterocycles. The van der Waals surface area contributed by atoms with E-state index in [1.807, 2.05) is 44.2 Å². The molecule has 3 rings (SSSR count). The van der Waals surface area contributed by atoms with Crippen LogP contribution in [0.15, 0.2) is 47.2 Å². The summed E-state index contributed by atoms with van der Waals surface area (Å²) in [6, 6.07) is 11.7. The molecule has 2 aromatic carbocycles. The average molecular weight is 309 g/mol. The van der Waals surface area contributed by atoms with Crippen LogP contribution in [0, 0.1) is 6.92 Å². The van der Waals surface area contributed by atoms with Crippen molar-refractivity contribution in [3.8, 4) is 33.9 Å². The van der Waals surface area contributed by atoms with Crippen LogP contribution in [0.4, 0.5) is 0 Å². The number of phenols is 1. The van der Waals surface area contributed by atoms with Crippen molar-refractivity contribution in [2.75, 3.05) is 7.11 Å². The van der Waals surface area contributed by atoms with E-state index in [2.05, 4.69) is 5.16 Å². The Balaban J connectivity index is 2.13. The lowest BCUT2D eigenvalue weighted by atomic mass is 9.98. The number of methoxy groups -OCH3 is 1. The Bertz CT molecular complexity index is 819. The van der Waals surface area contributed by atoms with Gasteiger partial charge in [0.25, 0.3) is 0 Å². The fraction of sp³-hybridized carbons (Fsp3) is 0.211. The minimum absolute atomic E-state index is 0.126. The summed E-state index contributed by atoms with van der Waals surface area (Å²) in [7, 11) is 1.60. The van der Waals surface area contributed by atoms with Gasteiger partial charge in [0.05, 0.1) is 7.11 Å². The van der Waals surface area contributed by atoms with Crippen molar-refractivity contribution >= 4 is 0 Å². The molecular formula is C19H19NO3. The van der Waals surface area contributed by atoms with E-state index in [0.29, 0.717) is 17.0 Å². The van der Waals surface area contributed by atoms with Gasteiger partial charge in [-0.15, -0.1) is 0 Å². The molecule has 1 aromatic heterocycles. The maximum absolute atomic E-state index is 10.4. The Morgan fingerprint density at radius 1 is 1.13 bits per heavy atom. The predicted molar refractivity (Wildman–Crippen MR) is 89.7 cm³/mol. The minimum Gasteiger partial charge on any atom is -0.507 e. The Morgan fingerprint density at radius 3 is 2.52 bits per heavy atom. The summed E-state index contributed by atoms with van der Waals surface area (Å²) < 4.78 is 10.5. The lowest BCUT2D eigenvalue weighted by molar-refractivity contribution is 0.403. The summed E-state index contributed by atoms with van der Waals surface area (Å²) in [5, 5.41) is 14.5. The van der Waals surface area contributed by atoms with Crippen LogP contribution in [0.3, 0.4) is 0 Å². The largest absolute Gasteiger partial charge is 0.507 e. The van der Waals surface area contributed by atoms with Crippen molar-refractivity contribution in [2.45, 2.75) is 20.3 Å². The predicted octanol–water partition coefficient (Wildman–Crippen LogP) is 4.59. The molecule has 4 heteroatoms. The van der Waals surface area contributed by atoms with Crippen molar-refractivity contribution in [1.29, 1.82) is 0 Å². The molecule has 4 nitrogen and oxygen atoms in total. The van der Waals surface area contributed by atoms with Gasteiger partial charge in [0.1, 0.15) is 23.5 Å². The highest BCUT2D eigenvalue weighted by molar-refractivity contribution is 5.83. The van der Waals surface area contributed by atoms with E-state index in [9.17, 15) is 5.11 Å². The molecule has 0 aliphatic rings. The van der Waals surface area contributed by atoms with E-state index in [4.69, 9.17) is 9.26 Å². The number of aromatic hydroxyl groups is 1. The molecule has 118 valence electrons. The highest BCUT2D eigenvalue weighted by atomic mass is 16.5. The molecule has 0 saturated heterocycles. The minimum atomic E-state index is 0.126. The zero-order valence-electron chi connectivity index (χ0n) is 13.5. The molecule has 0 unspecified atom stereocenters. The molecule has 0 aliphatic heterocycles. The topological polar surface area (TPSA) is 55.5 Å². The van der Waals surface area contributed by atoms with E-state index in [1.54, 1.807) is 19.4 Å². The SMILES string of the molecule is CCc1cc(-c2nocc2-c2ccc(C)cc2)c(O)cc1OC. The molecule has 0 atom stereocenters. The molecule has 0 spiro atoms. The monoisotopic (exact) mass is 309 g/mol. The highest BCUT2D eigenvalue weighted by Gasteiger charge is 2.18. The summed E-state index contributed by atoms with van der Waals surface area (Å²) in [6.45, 7) is 4.09. The third kappa shape index (κ3) is 2.80. The van der Waals surface area contributed by atoms with E-state index in [-0.39, 0.29) is 5.75 Å². The van der Waals surface area contributed by atoms with Gasteiger partial charge in [0.15, 0.2) is 0 Å². The number of aryl methyl sites for hydroxylation is 2. The number of nitrogens with zero attached hydrogens (tertiary/aromatic N) is 1. The first-order valence-corrected chi connectivity index (χ1v) is 7.55. The summed E-state index contributed by atoms with van der Waals surface area (Å²) in [5.41, 5.74) is 5.33. The van der Waals surface area contributed by atoms with Gasteiger partial charge in [0, 0.05) is 17.2 Å². The van der Waals surface area contributed by atoms with Crippen LogP contribution in [-0.4, -0.2) is 17.4 Å². The Morgan fingerprint density at radius 2 is 1.87 bits per heavy atom. The van der Waals surface area contributed by atoms with Crippen LogP contribution in [0.2, 0.25) is 0 Å².